The van der Waals surface area contributed by atoms with Crippen LogP contribution in [-0.4, -0.2) is 21.5 Å². The molecule has 2 aromatic heterocycles. The lowest BCUT2D eigenvalue weighted by Gasteiger charge is -2.30. The topological polar surface area (TPSA) is 53.9 Å². The van der Waals surface area contributed by atoms with E-state index in [4.69, 9.17) is 0 Å². The van der Waals surface area contributed by atoms with Gasteiger partial charge in [-0.25, -0.2) is 19.3 Å². The maximum Gasteiger partial charge on any atom is 0.134 e. The third kappa shape index (κ3) is 3.74. The number of rotatable bonds is 4. The van der Waals surface area contributed by atoms with Gasteiger partial charge in [-0.3, -0.25) is 0 Å². The Kier molecular flexibility index (Phi) is 4.71. The van der Waals surface area contributed by atoms with Crippen molar-refractivity contribution in [2.45, 2.75) is 33.4 Å². The number of aryl methyl sites for hydroxylation is 2. The Labute approximate surface area is 158 Å². The maximum absolute atomic E-state index is 13.5. The largest absolute Gasteiger partial charge is 0.366 e. The molecule has 0 aliphatic carbocycles. The van der Waals surface area contributed by atoms with Crippen molar-refractivity contribution in [3.05, 3.63) is 76.6 Å². The Balaban J connectivity index is 1.54. The number of halogens is 1. The lowest BCUT2D eigenvalue weighted by Crippen LogP contribution is -2.32. The van der Waals surface area contributed by atoms with Gasteiger partial charge in [-0.15, -0.1) is 0 Å². The van der Waals surface area contributed by atoms with Gasteiger partial charge in [0.05, 0.1) is 5.69 Å². The molecule has 0 amide bonds. The minimum absolute atomic E-state index is 0.181. The van der Waals surface area contributed by atoms with Crippen molar-refractivity contribution < 1.29 is 4.39 Å². The van der Waals surface area contributed by atoms with Crippen molar-refractivity contribution in [1.29, 1.82) is 0 Å². The quantitative estimate of drug-likeness (QED) is 0.764. The maximum atomic E-state index is 13.5. The molecule has 1 N–H and O–H groups in total. The molecular weight excluding hydrogens is 341 g/mol. The van der Waals surface area contributed by atoms with Crippen molar-refractivity contribution in [2.75, 3.05) is 16.8 Å². The van der Waals surface area contributed by atoms with Crippen LogP contribution < -0.4 is 10.2 Å². The van der Waals surface area contributed by atoms with Crippen LogP contribution in [0.25, 0.3) is 0 Å². The Morgan fingerprint density at radius 1 is 1.11 bits per heavy atom. The number of anilines is 2. The zero-order valence-electron chi connectivity index (χ0n) is 15.5. The summed E-state index contributed by atoms with van der Waals surface area (Å²) in [5.41, 5.74) is 5.00. The number of aromatic nitrogens is 3. The van der Waals surface area contributed by atoms with E-state index in [1.807, 2.05) is 19.2 Å². The lowest BCUT2D eigenvalue weighted by atomic mass is 10.1. The Hall–Kier alpha value is -3.02. The summed E-state index contributed by atoms with van der Waals surface area (Å²) >= 11 is 0. The molecule has 0 radical (unpaired) electrons. The van der Waals surface area contributed by atoms with Gasteiger partial charge < -0.3 is 10.2 Å². The van der Waals surface area contributed by atoms with Crippen LogP contribution in [0.5, 0.6) is 0 Å². The van der Waals surface area contributed by atoms with Crippen molar-refractivity contribution in [3.8, 4) is 0 Å². The molecule has 4 rings (SSSR count). The Morgan fingerprint density at radius 3 is 2.78 bits per heavy atom. The molecule has 1 aromatic carbocycles. The van der Waals surface area contributed by atoms with E-state index in [0.29, 0.717) is 12.1 Å². The fourth-order valence-electron chi connectivity index (χ4n) is 3.34. The van der Waals surface area contributed by atoms with Crippen LogP contribution in [0, 0.1) is 19.7 Å². The standard InChI is InChI=1S/C21H22FN5/c1-14-3-6-20(23-10-14)27-8-7-19-17(12-27)21(26-13-25-19)24-11-16-4-5-18(22)15(2)9-16/h3-6,9-10,13H,7-8,11-12H2,1-2H3,(H,24,25,26). The van der Waals surface area contributed by atoms with Crippen molar-refractivity contribution in [2.24, 2.45) is 0 Å². The van der Waals surface area contributed by atoms with Gasteiger partial charge in [0.1, 0.15) is 23.8 Å². The van der Waals surface area contributed by atoms with E-state index in [1.54, 1.807) is 19.3 Å². The Bertz CT molecular complexity index is 955. The minimum Gasteiger partial charge on any atom is -0.366 e. The van der Waals surface area contributed by atoms with Gasteiger partial charge in [0.15, 0.2) is 0 Å². The number of benzene rings is 1. The SMILES string of the molecule is Cc1ccc(N2CCc3ncnc(NCc4ccc(F)c(C)c4)c3C2)nc1. The summed E-state index contributed by atoms with van der Waals surface area (Å²) in [4.78, 5) is 15.7. The highest BCUT2D eigenvalue weighted by molar-refractivity contribution is 5.52. The predicted octanol–water partition coefficient (Wildman–Crippen LogP) is 3.80. The summed E-state index contributed by atoms with van der Waals surface area (Å²) in [5.74, 6) is 1.62. The molecule has 1 aliphatic rings. The highest BCUT2D eigenvalue weighted by Crippen LogP contribution is 2.26. The van der Waals surface area contributed by atoms with Crippen LogP contribution >= 0.6 is 0 Å². The first-order chi connectivity index (χ1) is 13.1. The molecule has 0 unspecified atom stereocenters. The fourth-order valence-corrected chi connectivity index (χ4v) is 3.34. The molecule has 0 spiro atoms. The average molecular weight is 363 g/mol. The van der Waals surface area contributed by atoms with E-state index in [0.717, 1.165) is 53.5 Å². The molecule has 138 valence electrons. The van der Waals surface area contributed by atoms with Crippen LogP contribution in [0.4, 0.5) is 16.0 Å². The second-order valence-corrected chi connectivity index (χ2v) is 6.95. The van der Waals surface area contributed by atoms with Crippen LogP contribution in [0.2, 0.25) is 0 Å². The predicted molar refractivity (Wildman–Crippen MR) is 104 cm³/mol. The van der Waals surface area contributed by atoms with Crippen molar-refractivity contribution in [3.63, 3.8) is 0 Å². The molecular formula is C21H22FN5. The van der Waals surface area contributed by atoms with E-state index in [9.17, 15) is 4.39 Å². The van der Waals surface area contributed by atoms with Gasteiger partial charge in [-0.05, 0) is 42.7 Å². The summed E-state index contributed by atoms with van der Waals surface area (Å²) in [7, 11) is 0. The molecule has 5 nitrogen and oxygen atoms in total. The number of nitrogens with zero attached hydrogens (tertiary/aromatic N) is 4. The molecule has 3 aromatic rings. The fraction of sp³-hybridized carbons (Fsp3) is 0.286. The first-order valence-corrected chi connectivity index (χ1v) is 9.09. The Morgan fingerprint density at radius 2 is 2.00 bits per heavy atom. The van der Waals surface area contributed by atoms with Crippen LogP contribution in [0.3, 0.4) is 0 Å². The average Bonchev–Trinajstić information content (AvgIpc) is 2.69. The van der Waals surface area contributed by atoms with Gasteiger partial charge in [-0.2, -0.15) is 0 Å². The summed E-state index contributed by atoms with van der Waals surface area (Å²) in [5, 5.41) is 3.40. The van der Waals surface area contributed by atoms with Gasteiger partial charge in [0, 0.05) is 37.8 Å². The molecule has 6 heteroatoms. The number of fused-ring (bicyclic) bond motifs is 1. The summed E-state index contributed by atoms with van der Waals surface area (Å²) in [6, 6.07) is 9.30. The highest BCUT2D eigenvalue weighted by Gasteiger charge is 2.22. The first-order valence-electron chi connectivity index (χ1n) is 9.09. The van der Waals surface area contributed by atoms with E-state index >= 15 is 0 Å². The van der Waals surface area contributed by atoms with E-state index < -0.39 is 0 Å². The molecule has 0 atom stereocenters. The van der Waals surface area contributed by atoms with Crippen LogP contribution in [0.1, 0.15) is 27.9 Å². The summed E-state index contributed by atoms with van der Waals surface area (Å²) < 4.78 is 13.5. The number of hydrogen-bond donors (Lipinski definition) is 1. The summed E-state index contributed by atoms with van der Waals surface area (Å²) in [6.07, 6.45) is 4.36. The minimum atomic E-state index is -0.181. The van der Waals surface area contributed by atoms with E-state index in [1.165, 1.54) is 6.07 Å². The molecule has 3 heterocycles. The smallest absolute Gasteiger partial charge is 0.134 e. The molecule has 0 bridgehead atoms. The van der Waals surface area contributed by atoms with E-state index in [-0.39, 0.29) is 5.82 Å². The van der Waals surface area contributed by atoms with Gasteiger partial charge in [0.2, 0.25) is 0 Å². The highest BCUT2D eigenvalue weighted by atomic mass is 19.1. The van der Waals surface area contributed by atoms with Gasteiger partial charge in [-0.1, -0.05) is 18.2 Å². The van der Waals surface area contributed by atoms with Crippen molar-refractivity contribution in [1.82, 2.24) is 15.0 Å². The first kappa shape index (κ1) is 17.4. The van der Waals surface area contributed by atoms with Gasteiger partial charge >= 0.3 is 0 Å². The number of nitrogens with one attached hydrogen (secondary N) is 1. The number of hydrogen-bond acceptors (Lipinski definition) is 5. The molecule has 1 aliphatic heterocycles. The third-order valence-electron chi connectivity index (χ3n) is 4.90. The number of pyridine rings is 1. The third-order valence-corrected chi connectivity index (χ3v) is 4.90. The second-order valence-electron chi connectivity index (χ2n) is 6.95. The monoisotopic (exact) mass is 363 g/mol. The second kappa shape index (κ2) is 7.31. The van der Waals surface area contributed by atoms with E-state index in [2.05, 4.69) is 37.3 Å². The van der Waals surface area contributed by atoms with Crippen LogP contribution in [-0.2, 0) is 19.5 Å². The molecule has 0 fully saturated rings. The molecule has 27 heavy (non-hydrogen) atoms. The zero-order valence-corrected chi connectivity index (χ0v) is 15.5. The van der Waals surface area contributed by atoms with Gasteiger partial charge in [0.25, 0.3) is 0 Å². The van der Waals surface area contributed by atoms with Crippen LogP contribution in [0.15, 0.2) is 42.9 Å². The molecule has 0 saturated carbocycles. The molecule has 0 saturated heterocycles. The lowest BCUT2D eigenvalue weighted by molar-refractivity contribution is 0.617. The van der Waals surface area contributed by atoms with Crippen molar-refractivity contribution >= 4 is 11.6 Å². The normalized spacial score (nSPS) is 13.4. The zero-order chi connectivity index (χ0) is 18.8. The summed E-state index contributed by atoms with van der Waals surface area (Å²) in [6.45, 7) is 6.01.